The summed E-state index contributed by atoms with van der Waals surface area (Å²) >= 11 is 6.52. The van der Waals surface area contributed by atoms with Crippen molar-refractivity contribution in [3.8, 4) is 0 Å². The van der Waals surface area contributed by atoms with Crippen LogP contribution in [-0.4, -0.2) is 17.5 Å². The highest BCUT2D eigenvalue weighted by Gasteiger charge is 2.29. The molecular weight excluding hydrogens is 373 g/mol. The van der Waals surface area contributed by atoms with E-state index in [1.807, 2.05) is 23.1 Å². The lowest BCUT2D eigenvalue weighted by Gasteiger charge is -2.27. The Balaban J connectivity index is 1.67. The van der Waals surface area contributed by atoms with E-state index in [0.717, 1.165) is 11.3 Å². The Morgan fingerprint density at radius 2 is 2.28 bits per heavy atom. The molecule has 0 bridgehead atoms. The second-order valence-electron chi connectivity index (χ2n) is 5.41. The quantitative estimate of drug-likeness (QED) is 0.754. The minimum Gasteiger partial charge on any atom is -0.307 e. The van der Waals surface area contributed by atoms with Gasteiger partial charge in [-0.15, -0.1) is 11.3 Å². The van der Waals surface area contributed by atoms with E-state index in [1.54, 1.807) is 10.4 Å². The molecule has 0 spiro atoms. The fraction of sp³-hybridized carbons (Fsp3) is 0.714. The van der Waals surface area contributed by atoms with Gasteiger partial charge in [-0.25, -0.2) is 0 Å². The van der Waals surface area contributed by atoms with Crippen LogP contribution in [0.15, 0.2) is 6.07 Å². The van der Waals surface area contributed by atoms with Crippen LogP contribution in [0.3, 0.4) is 0 Å². The van der Waals surface area contributed by atoms with Gasteiger partial charge in [-0.2, -0.15) is 11.8 Å². The van der Waals surface area contributed by atoms with Crippen LogP contribution in [0.5, 0.6) is 0 Å². The van der Waals surface area contributed by atoms with Gasteiger partial charge in [0, 0.05) is 22.2 Å². The Hall–Kier alpha value is 0.740. The number of thioether (sulfide) groups is 1. The second kappa shape index (κ2) is 6.02. The highest BCUT2D eigenvalue weighted by atomic mass is 127. The van der Waals surface area contributed by atoms with E-state index in [9.17, 15) is 0 Å². The summed E-state index contributed by atoms with van der Waals surface area (Å²) in [5, 5.41) is 4.84. The highest BCUT2D eigenvalue weighted by Crippen LogP contribution is 2.38. The van der Waals surface area contributed by atoms with E-state index in [1.165, 1.54) is 41.4 Å². The molecule has 2 aliphatic rings. The maximum Gasteiger partial charge on any atom is 0.0659 e. The third-order valence-corrected chi connectivity index (χ3v) is 7.30. The van der Waals surface area contributed by atoms with Crippen molar-refractivity contribution in [1.82, 2.24) is 5.32 Å². The third kappa shape index (κ3) is 2.91. The van der Waals surface area contributed by atoms with Gasteiger partial charge in [0.25, 0.3) is 0 Å². The minimum atomic E-state index is 0.638. The van der Waals surface area contributed by atoms with Gasteiger partial charge in [0.15, 0.2) is 0 Å². The van der Waals surface area contributed by atoms with Gasteiger partial charge in [-0.1, -0.05) is 0 Å². The zero-order valence-corrected chi connectivity index (χ0v) is 14.5. The smallest absolute Gasteiger partial charge is 0.0659 e. The molecule has 0 amide bonds. The molecule has 3 atom stereocenters. The molecule has 1 fully saturated rings. The Morgan fingerprint density at radius 1 is 1.39 bits per heavy atom. The topological polar surface area (TPSA) is 12.0 Å². The Morgan fingerprint density at radius 3 is 3.06 bits per heavy atom. The normalized spacial score (nSPS) is 31.6. The average molecular weight is 393 g/mol. The van der Waals surface area contributed by atoms with Crippen molar-refractivity contribution >= 4 is 45.7 Å². The molecule has 3 rings (SSSR count). The minimum absolute atomic E-state index is 0.638. The number of rotatable bonds is 3. The Kier molecular flexibility index (Phi) is 4.58. The van der Waals surface area contributed by atoms with E-state index in [2.05, 4.69) is 40.2 Å². The summed E-state index contributed by atoms with van der Waals surface area (Å²) in [5.41, 5.74) is 1.61. The van der Waals surface area contributed by atoms with E-state index in [4.69, 9.17) is 0 Å². The SMILES string of the molecule is CSC1CCC(NC2CCCc3sc(I)cc32)C1. The summed E-state index contributed by atoms with van der Waals surface area (Å²) in [6.07, 6.45) is 10.4. The third-order valence-electron chi connectivity index (χ3n) is 4.24. The summed E-state index contributed by atoms with van der Waals surface area (Å²) in [6, 6.07) is 3.81. The highest BCUT2D eigenvalue weighted by molar-refractivity contribution is 14.1. The van der Waals surface area contributed by atoms with Crippen LogP contribution in [0.25, 0.3) is 0 Å². The predicted octanol–water partition coefficient (Wildman–Crippen LogP) is 4.60. The molecule has 1 aromatic rings. The number of nitrogens with one attached hydrogen (secondary N) is 1. The number of hydrogen-bond acceptors (Lipinski definition) is 3. The molecule has 1 N–H and O–H groups in total. The molecule has 2 aliphatic carbocycles. The molecule has 0 aliphatic heterocycles. The number of aryl methyl sites for hydroxylation is 1. The van der Waals surface area contributed by atoms with Gasteiger partial charge in [-0.05, 0) is 79.0 Å². The van der Waals surface area contributed by atoms with E-state index in [-0.39, 0.29) is 0 Å². The van der Waals surface area contributed by atoms with Gasteiger partial charge in [0.1, 0.15) is 0 Å². The summed E-state index contributed by atoms with van der Waals surface area (Å²) in [5.74, 6) is 0. The van der Waals surface area contributed by atoms with Crippen molar-refractivity contribution in [1.29, 1.82) is 0 Å². The van der Waals surface area contributed by atoms with Crippen molar-refractivity contribution in [2.75, 3.05) is 6.26 Å². The van der Waals surface area contributed by atoms with Crippen molar-refractivity contribution in [3.63, 3.8) is 0 Å². The molecular formula is C14H20INS2. The van der Waals surface area contributed by atoms with Crippen molar-refractivity contribution < 1.29 is 0 Å². The monoisotopic (exact) mass is 393 g/mol. The first-order chi connectivity index (χ1) is 8.76. The van der Waals surface area contributed by atoms with Crippen molar-refractivity contribution in [2.45, 2.75) is 55.9 Å². The first-order valence-corrected chi connectivity index (χ1v) is 10.0. The van der Waals surface area contributed by atoms with Crippen molar-refractivity contribution in [2.24, 2.45) is 0 Å². The number of thiophene rings is 1. The summed E-state index contributed by atoms with van der Waals surface area (Å²) in [7, 11) is 0. The van der Waals surface area contributed by atoms with Crippen LogP contribution in [0.4, 0.5) is 0 Å². The summed E-state index contributed by atoms with van der Waals surface area (Å²) in [6.45, 7) is 0. The van der Waals surface area contributed by atoms with Gasteiger partial charge in [0.2, 0.25) is 0 Å². The van der Waals surface area contributed by atoms with Crippen molar-refractivity contribution in [3.05, 3.63) is 19.4 Å². The molecule has 1 saturated carbocycles. The first-order valence-electron chi connectivity index (χ1n) is 6.83. The van der Waals surface area contributed by atoms with Gasteiger partial charge in [0.05, 0.1) is 2.88 Å². The molecule has 3 unspecified atom stereocenters. The lowest BCUT2D eigenvalue weighted by molar-refractivity contribution is 0.400. The van der Waals surface area contributed by atoms with Crippen LogP contribution < -0.4 is 5.32 Å². The second-order valence-corrected chi connectivity index (χ2v) is 9.58. The lowest BCUT2D eigenvalue weighted by atomic mass is 9.93. The fourth-order valence-electron chi connectivity index (χ4n) is 3.28. The Bertz CT molecular complexity index is 418. The molecule has 100 valence electrons. The molecule has 1 heterocycles. The number of hydrogen-bond donors (Lipinski definition) is 1. The van der Waals surface area contributed by atoms with Gasteiger partial charge >= 0.3 is 0 Å². The van der Waals surface area contributed by atoms with Crippen LogP contribution in [0, 0.1) is 2.88 Å². The van der Waals surface area contributed by atoms with E-state index >= 15 is 0 Å². The molecule has 1 aromatic heterocycles. The summed E-state index contributed by atoms with van der Waals surface area (Å²) < 4.78 is 1.46. The molecule has 1 nitrogen and oxygen atoms in total. The molecule has 0 saturated heterocycles. The molecule has 0 radical (unpaired) electrons. The Labute approximate surface area is 132 Å². The number of fused-ring (bicyclic) bond motifs is 1. The maximum absolute atomic E-state index is 3.94. The maximum atomic E-state index is 3.94. The van der Waals surface area contributed by atoms with E-state index < -0.39 is 0 Å². The molecule has 0 aromatic carbocycles. The standard InChI is InChI=1S/C14H20INS2/c1-17-10-6-5-9(7-10)16-12-3-2-4-13-11(12)8-14(15)18-13/h8-10,12,16H,2-7H2,1H3. The fourth-order valence-corrected chi connectivity index (χ4v) is 6.20. The van der Waals surface area contributed by atoms with Crippen LogP contribution in [-0.2, 0) is 6.42 Å². The van der Waals surface area contributed by atoms with Crippen LogP contribution in [0.2, 0.25) is 0 Å². The largest absolute Gasteiger partial charge is 0.307 e. The van der Waals surface area contributed by atoms with Crippen LogP contribution >= 0.6 is 45.7 Å². The summed E-state index contributed by atoms with van der Waals surface area (Å²) in [4.78, 5) is 1.64. The predicted molar refractivity (Wildman–Crippen MR) is 90.8 cm³/mol. The molecule has 4 heteroatoms. The zero-order chi connectivity index (χ0) is 12.5. The first kappa shape index (κ1) is 13.7. The van der Waals surface area contributed by atoms with Crippen LogP contribution in [0.1, 0.15) is 48.6 Å². The van der Waals surface area contributed by atoms with E-state index in [0.29, 0.717) is 6.04 Å². The zero-order valence-electron chi connectivity index (χ0n) is 10.7. The van der Waals surface area contributed by atoms with Gasteiger partial charge in [-0.3, -0.25) is 0 Å². The molecule has 18 heavy (non-hydrogen) atoms. The van der Waals surface area contributed by atoms with Gasteiger partial charge < -0.3 is 5.32 Å². The average Bonchev–Trinajstić information content (AvgIpc) is 2.95. The number of halogens is 1. The lowest BCUT2D eigenvalue weighted by Crippen LogP contribution is -2.32.